The molecule has 0 aromatic heterocycles. The van der Waals surface area contributed by atoms with Gasteiger partial charge in [-0.2, -0.15) is 11.8 Å². The average molecular weight is 613 g/mol. The van der Waals surface area contributed by atoms with E-state index in [2.05, 4.69) is 57.0 Å². The number of hydrogen-bond donors (Lipinski definition) is 1. The van der Waals surface area contributed by atoms with Crippen molar-refractivity contribution < 1.29 is 14.3 Å². The summed E-state index contributed by atoms with van der Waals surface area (Å²) >= 11 is 1.75. The Morgan fingerprint density at radius 2 is 1.77 bits per heavy atom. The molecular weight excluding hydrogens is 556 g/mol. The molecule has 8 heteroatoms. The minimum atomic E-state index is -0.266. The van der Waals surface area contributed by atoms with Crippen LogP contribution < -0.4 is 5.32 Å². The predicted octanol–water partition coefficient (Wildman–Crippen LogP) is 7.40. The fourth-order valence-electron chi connectivity index (χ4n) is 5.48. The number of carbonyl (C=O) groups excluding carboxylic acids is 2. The van der Waals surface area contributed by atoms with E-state index in [9.17, 15) is 9.59 Å². The zero-order chi connectivity index (χ0) is 32.1. The van der Waals surface area contributed by atoms with E-state index in [0.717, 1.165) is 67.1 Å². The van der Waals surface area contributed by atoms with Crippen LogP contribution in [0.1, 0.15) is 84.5 Å². The van der Waals surface area contributed by atoms with Gasteiger partial charge < -0.3 is 24.8 Å². The van der Waals surface area contributed by atoms with Gasteiger partial charge in [0.05, 0.1) is 11.4 Å². The number of thioether (sulfide) groups is 1. The third-order valence-electron chi connectivity index (χ3n) is 7.58. The molecule has 0 radical (unpaired) electrons. The molecule has 2 aliphatic rings. The molecule has 0 spiro atoms. The summed E-state index contributed by atoms with van der Waals surface area (Å²) in [6, 6.07) is 7.74. The van der Waals surface area contributed by atoms with E-state index in [0.29, 0.717) is 24.7 Å². The molecule has 1 N–H and O–H groups in total. The van der Waals surface area contributed by atoms with Gasteiger partial charge in [0.1, 0.15) is 6.04 Å². The van der Waals surface area contributed by atoms with Gasteiger partial charge in [-0.1, -0.05) is 32.4 Å². The maximum absolute atomic E-state index is 13.4. The van der Waals surface area contributed by atoms with Gasteiger partial charge in [0.25, 0.3) is 5.91 Å². The second kappa shape index (κ2) is 18.2. The Morgan fingerprint density at radius 1 is 1.12 bits per heavy atom. The zero-order valence-electron chi connectivity index (χ0n) is 28.3. The number of benzene rings is 1. The topological polar surface area (TPSA) is 65.1 Å². The molecule has 3 rings (SSSR count). The number of allylic oxidation sites excluding steroid dienone is 4. The molecule has 1 aromatic rings. The largest absolute Gasteiger partial charge is 0.381 e. The lowest BCUT2D eigenvalue weighted by Gasteiger charge is -2.46. The highest BCUT2D eigenvalue weighted by Crippen LogP contribution is 2.33. The van der Waals surface area contributed by atoms with Crippen LogP contribution in [0.15, 0.2) is 59.1 Å². The van der Waals surface area contributed by atoms with Crippen molar-refractivity contribution in [3.05, 3.63) is 64.6 Å². The zero-order valence-corrected chi connectivity index (χ0v) is 29.1. The van der Waals surface area contributed by atoms with Crippen LogP contribution in [0.2, 0.25) is 0 Å². The molecule has 2 amide bonds. The first-order valence-corrected chi connectivity index (χ1v) is 17.4. The number of nitrogens with one attached hydrogen (secondary N) is 1. The lowest BCUT2D eigenvalue weighted by atomic mass is 9.98. The lowest BCUT2D eigenvalue weighted by molar-refractivity contribution is -0.135. The van der Waals surface area contributed by atoms with Crippen molar-refractivity contribution in [2.75, 3.05) is 51.2 Å². The summed E-state index contributed by atoms with van der Waals surface area (Å²) in [5.41, 5.74) is 5.57. The Kier molecular flexibility index (Phi) is 15.4. The first-order valence-electron chi connectivity index (χ1n) is 15.7. The van der Waals surface area contributed by atoms with Gasteiger partial charge in [-0.3, -0.25) is 9.59 Å². The Hall–Kier alpha value is -2.71. The highest BCUT2D eigenvalue weighted by molar-refractivity contribution is 7.97. The van der Waals surface area contributed by atoms with Gasteiger partial charge in [0, 0.05) is 56.3 Å². The van der Waals surface area contributed by atoms with E-state index in [-0.39, 0.29) is 23.9 Å². The van der Waals surface area contributed by atoms with Crippen LogP contribution in [0.25, 0.3) is 0 Å². The SMILES string of the molecule is CCCN(CCC(C)C)C(=O)c1cccc(N/C(C)=C/C2=C(C=C(C)C)N(C)C(=O)C(C)N2C2CCOCC2)c1.CSC. The van der Waals surface area contributed by atoms with Crippen molar-refractivity contribution in [1.82, 2.24) is 14.7 Å². The van der Waals surface area contributed by atoms with E-state index in [1.165, 1.54) is 0 Å². The van der Waals surface area contributed by atoms with Crippen molar-refractivity contribution in [3.8, 4) is 0 Å². The molecule has 240 valence electrons. The molecule has 0 bridgehead atoms. The third-order valence-corrected chi connectivity index (χ3v) is 7.58. The highest BCUT2D eigenvalue weighted by Gasteiger charge is 2.38. The van der Waals surface area contributed by atoms with Gasteiger partial charge in [0.15, 0.2) is 0 Å². The maximum atomic E-state index is 13.4. The smallest absolute Gasteiger partial charge is 0.253 e. The molecule has 1 fully saturated rings. The number of likely N-dealkylation sites (N-methyl/N-ethyl adjacent to an activating group) is 1. The van der Waals surface area contributed by atoms with E-state index in [1.54, 1.807) is 16.7 Å². The molecular formula is C35H56N4O3S. The van der Waals surface area contributed by atoms with Crippen LogP contribution in [-0.2, 0) is 9.53 Å². The van der Waals surface area contributed by atoms with Gasteiger partial charge in [0.2, 0.25) is 5.91 Å². The van der Waals surface area contributed by atoms with Crippen LogP contribution in [-0.4, -0.2) is 84.5 Å². The predicted molar refractivity (Wildman–Crippen MR) is 183 cm³/mol. The molecule has 1 unspecified atom stereocenters. The maximum Gasteiger partial charge on any atom is 0.253 e. The monoisotopic (exact) mass is 612 g/mol. The summed E-state index contributed by atoms with van der Waals surface area (Å²) in [7, 11) is 1.86. The molecule has 7 nitrogen and oxygen atoms in total. The Labute approximate surface area is 265 Å². The second-order valence-corrected chi connectivity index (χ2v) is 13.0. The Balaban J connectivity index is 0.00000206. The number of ether oxygens (including phenoxy) is 1. The first-order chi connectivity index (χ1) is 20.4. The van der Waals surface area contributed by atoms with Gasteiger partial charge in [-0.05, 0) is 102 Å². The molecule has 0 saturated carbocycles. The summed E-state index contributed by atoms with van der Waals surface area (Å²) < 4.78 is 5.64. The second-order valence-electron chi connectivity index (χ2n) is 12.2. The van der Waals surface area contributed by atoms with Crippen LogP contribution >= 0.6 is 11.8 Å². The molecule has 1 saturated heterocycles. The number of nitrogens with zero attached hydrogens (tertiary/aromatic N) is 3. The molecule has 1 aromatic carbocycles. The van der Waals surface area contributed by atoms with Crippen LogP contribution in [0.5, 0.6) is 0 Å². The summed E-state index contributed by atoms with van der Waals surface area (Å²) in [5, 5.41) is 3.52. The van der Waals surface area contributed by atoms with Gasteiger partial charge >= 0.3 is 0 Å². The highest BCUT2D eigenvalue weighted by atomic mass is 32.2. The van der Waals surface area contributed by atoms with Crippen molar-refractivity contribution in [2.45, 2.75) is 86.2 Å². The van der Waals surface area contributed by atoms with Crippen molar-refractivity contribution in [2.24, 2.45) is 5.92 Å². The number of rotatable bonds is 11. The van der Waals surface area contributed by atoms with E-state index < -0.39 is 0 Å². The minimum absolute atomic E-state index is 0.0771. The molecule has 1 atom stereocenters. The standard InChI is InChI=1S/C33H50N4O3.C2H6S/c1-9-16-36(17-13-23(2)3)33(39)27-11-10-12-28(22-27)34-25(6)21-31-30(20-24(4)5)35(8)32(38)26(7)37(31)29-14-18-40-19-15-29;1-3-2/h10-12,20-23,26,29,34H,9,13-19H2,1-8H3;1-2H3/b25-21+;. The van der Waals surface area contributed by atoms with Crippen molar-refractivity contribution in [1.29, 1.82) is 0 Å². The summed E-state index contributed by atoms with van der Waals surface area (Å²) in [4.78, 5) is 32.7. The number of amides is 2. The number of hydrogen-bond acceptors (Lipinski definition) is 6. The summed E-state index contributed by atoms with van der Waals surface area (Å²) in [5.74, 6) is 0.728. The molecule has 43 heavy (non-hydrogen) atoms. The molecule has 0 aliphatic carbocycles. The Bertz CT molecular complexity index is 1150. The minimum Gasteiger partial charge on any atom is -0.381 e. The summed E-state index contributed by atoms with van der Waals surface area (Å²) in [6.07, 6.45) is 12.0. The number of anilines is 1. The van der Waals surface area contributed by atoms with Crippen LogP contribution in [0.3, 0.4) is 0 Å². The average Bonchev–Trinajstić information content (AvgIpc) is 2.96. The van der Waals surface area contributed by atoms with E-state index >= 15 is 0 Å². The Morgan fingerprint density at radius 3 is 2.35 bits per heavy atom. The number of carbonyl (C=O) groups is 2. The van der Waals surface area contributed by atoms with Crippen LogP contribution in [0, 0.1) is 5.92 Å². The summed E-state index contributed by atoms with van der Waals surface area (Å²) in [6.45, 7) is 17.6. The first kappa shape index (κ1) is 36.5. The van der Waals surface area contributed by atoms with E-state index in [1.807, 2.05) is 62.6 Å². The van der Waals surface area contributed by atoms with Crippen molar-refractivity contribution >= 4 is 29.3 Å². The quantitative estimate of drug-likeness (QED) is 0.281. The fourth-order valence-corrected chi connectivity index (χ4v) is 5.48. The van der Waals surface area contributed by atoms with Gasteiger partial charge in [-0.25, -0.2) is 0 Å². The molecule has 2 aliphatic heterocycles. The molecule has 2 heterocycles. The third kappa shape index (κ3) is 10.8. The fraction of sp³-hybridized carbons (Fsp3) is 0.600. The normalized spacial score (nSPS) is 18.0. The van der Waals surface area contributed by atoms with Crippen LogP contribution in [0.4, 0.5) is 5.69 Å². The van der Waals surface area contributed by atoms with Crippen molar-refractivity contribution in [3.63, 3.8) is 0 Å². The van der Waals surface area contributed by atoms with E-state index in [4.69, 9.17) is 4.74 Å². The lowest BCUT2D eigenvalue weighted by Crippen LogP contribution is -2.55. The van der Waals surface area contributed by atoms with Gasteiger partial charge in [-0.15, -0.1) is 0 Å².